The molecule has 0 saturated carbocycles. The number of allylic oxidation sites excluding steroid dienone is 1. The lowest BCUT2D eigenvalue weighted by molar-refractivity contribution is -0.139. The van der Waals surface area contributed by atoms with Gasteiger partial charge in [-0.25, -0.2) is 4.79 Å². The van der Waals surface area contributed by atoms with Crippen molar-refractivity contribution in [3.05, 3.63) is 45.6 Å². The third-order valence-corrected chi connectivity index (χ3v) is 4.10. The van der Waals surface area contributed by atoms with Gasteiger partial charge in [-0.15, -0.1) is 0 Å². The van der Waals surface area contributed by atoms with E-state index in [2.05, 4.69) is 33.5 Å². The molecule has 2 N–H and O–H groups in total. The lowest BCUT2D eigenvalue weighted by Crippen LogP contribution is -2.45. The SMILES string of the molecule is CCCC1=C(C(=O)OCC)C(c2ccc(Br)cc2)NC(=S)N1. The van der Waals surface area contributed by atoms with Crippen LogP contribution in [0.5, 0.6) is 0 Å². The number of ether oxygens (including phenoxy) is 1. The molecular weight excluding hydrogens is 364 g/mol. The van der Waals surface area contributed by atoms with Crippen LogP contribution in [0, 0.1) is 0 Å². The Morgan fingerprint density at radius 2 is 2.00 bits per heavy atom. The van der Waals surface area contributed by atoms with Crippen molar-refractivity contribution in [3.8, 4) is 0 Å². The number of rotatable bonds is 5. The second kappa shape index (κ2) is 7.74. The van der Waals surface area contributed by atoms with Crippen molar-refractivity contribution in [2.75, 3.05) is 6.61 Å². The van der Waals surface area contributed by atoms with E-state index in [1.807, 2.05) is 24.3 Å². The van der Waals surface area contributed by atoms with Crippen molar-refractivity contribution in [2.45, 2.75) is 32.7 Å². The zero-order valence-corrected chi connectivity index (χ0v) is 15.0. The monoisotopic (exact) mass is 382 g/mol. The molecule has 0 bridgehead atoms. The summed E-state index contributed by atoms with van der Waals surface area (Å²) in [6.45, 7) is 4.22. The Morgan fingerprint density at radius 1 is 1.32 bits per heavy atom. The van der Waals surface area contributed by atoms with E-state index in [-0.39, 0.29) is 12.0 Å². The van der Waals surface area contributed by atoms with Gasteiger partial charge in [0, 0.05) is 10.2 Å². The summed E-state index contributed by atoms with van der Waals surface area (Å²) >= 11 is 8.71. The molecule has 0 saturated heterocycles. The van der Waals surface area contributed by atoms with Crippen LogP contribution in [-0.4, -0.2) is 17.7 Å². The molecule has 1 heterocycles. The summed E-state index contributed by atoms with van der Waals surface area (Å²) in [6.07, 6.45) is 1.67. The average Bonchev–Trinajstić information content (AvgIpc) is 2.48. The average molecular weight is 383 g/mol. The molecule has 6 heteroatoms. The summed E-state index contributed by atoms with van der Waals surface area (Å²) in [7, 11) is 0. The molecule has 0 radical (unpaired) electrons. The maximum Gasteiger partial charge on any atom is 0.338 e. The van der Waals surface area contributed by atoms with Gasteiger partial charge in [-0.05, 0) is 43.3 Å². The number of benzene rings is 1. The number of thiocarbonyl (C=S) groups is 1. The van der Waals surface area contributed by atoms with Gasteiger partial charge < -0.3 is 15.4 Å². The number of nitrogens with one attached hydrogen (secondary N) is 2. The maximum atomic E-state index is 12.4. The van der Waals surface area contributed by atoms with Gasteiger partial charge in [-0.2, -0.15) is 0 Å². The van der Waals surface area contributed by atoms with Gasteiger partial charge in [0.25, 0.3) is 0 Å². The van der Waals surface area contributed by atoms with Crippen LogP contribution in [-0.2, 0) is 9.53 Å². The fourth-order valence-electron chi connectivity index (χ4n) is 2.42. The standard InChI is InChI=1S/C16H19BrN2O2S/c1-3-5-12-13(15(20)21-4-2)14(19-16(22)18-12)10-6-8-11(17)9-7-10/h6-9,14H,3-5H2,1-2H3,(H2,18,19,22). The molecule has 1 unspecified atom stereocenters. The van der Waals surface area contributed by atoms with E-state index in [9.17, 15) is 4.79 Å². The number of halogens is 1. The van der Waals surface area contributed by atoms with Gasteiger partial charge in [0.1, 0.15) is 0 Å². The highest BCUT2D eigenvalue weighted by Crippen LogP contribution is 2.30. The molecule has 2 rings (SSSR count). The summed E-state index contributed by atoms with van der Waals surface area (Å²) in [4.78, 5) is 12.4. The molecule has 1 aromatic rings. The second-order valence-corrected chi connectivity index (χ2v) is 6.27. The summed E-state index contributed by atoms with van der Waals surface area (Å²) in [6, 6.07) is 7.55. The van der Waals surface area contributed by atoms with Crippen LogP contribution in [0.4, 0.5) is 0 Å². The predicted octanol–water partition coefficient (Wildman–Crippen LogP) is 3.59. The van der Waals surface area contributed by atoms with Gasteiger partial charge in [0.2, 0.25) is 0 Å². The highest BCUT2D eigenvalue weighted by atomic mass is 79.9. The number of esters is 1. The Balaban J connectivity index is 2.47. The van der Waals surface area contributed by atoms with Crippen LogP contribution < -0.4 is 10.6 Å². The quantitative estimate of drug-likeness (QED) is 0.601. The smallest absolute Gasteiger partial charge is 0.338 e. The number of carbonyl (C=O) groups excluding carboxylic acids is 1. The molecule has 1 aliphatic heterocycles. The first kappa shape index (κ1) is 17.0. The van der Waals surface area contributed by atoms with E-state index >= 15 is 0 Å². The van der Waals surface area contributed by atoms with Crippen molar-refractivity contribution in [3.63, 3.8) is 0 Å². The molecule has 118 valence electrons. The van der Waals surface area contributed by atoms with Crippen LogP contribution in [0.3, 0.4) is 0 Å². The van der Waals surface area contributed by atoms with Crippen molar-refractivity contribution in [2.24, 2.45) is 0 Å². The van der Waals surface area contributed by atoms with Crippen molar-refractivity contribution in [1.82, 2.24) is 10.6 Å². The lowest BCUT2D eigenvalue weighted by atomic mass is 9.94. The topological polar surface area (TPSA) is 50.4 Å². The minimum Gasteiger partial charge on any atom is -0.463 e. The summed E-state index contributed by atoms with van der Waals surface area (Å²) in [5.74, 6) is -0.304. The van der Waals surface area contributed by atoms with Crippen LogP contribution in [0.25, 0.3) is 0 Å². The van der Waals surface area contributed by atoms with Crippen molar-refractivity contribution >= 4 is 39.2 Å². The van der Waals surface area contributed by atoms with Crippen LogP contribution in [0.2, 0.25) is 0 Å². The summed E-state index contributed by atoms with van der Waals surface area (Å²) in [5, 5.41) is 6.82. The van der Waals surface area contributed by atoms with Gasteiger partial charge >= 0.3 is 5.97 Å². The second-order valence-electron chi connectivity index (χ2n) is 4.95. The molecular formula is C16H19BrN2O2S. The van der Waals surface area contributed by atoms with E-state index in [4.69, 9.17) is 17.0 Å². The molecule has 1 aliphatic rings. The first-order chi connectivity index (χ1) is 10.6. The highest BCUT2D eigenvalue weighted by Gasteiger charge is 2.31. The molecule has 0 spiro atoms. The molecule has 0 aliphatic carbocycles. The maximum absolute atomic E-state index is 12.4. The summed E-state index contributed by atoms with van der Waals surface area (Å²) in [5.41, 5.74) is 2.43. The Morgan fingerprint density at radius 3 is 2.59 bits per heavy atom. The highest BCUT2D eigenvalue weighted by molar-refractivity contribution is 9.10. The Bertz CT molecular complexity index is 599. The lowest BCUT2D eigenvalue weighted by Gasteiger charge is -2.31. The number of carbonyl (C=O) groups is 1. The zero-order valence-electron chi connectivity index (χ0n) is 12.6. The predicted molar refractivity (Wildman–Crippen MR) is 94.3 cm³/mol. The molecule has 1 aromatic carbocycles. The van der Waals surface area contributed by atoms with Crippen LogP contribution in [0.15, 0.2) is 40.0 Å². The van der Waals surface area contributed by atoms with E-state index in [0.29, 0.717) is 17.3 Å². The third kappa shape index (κ3) is 3.87. The van der Waals surface area contributed by atoms with Crippen LogP contribution in [0.1, 0.15) is 38.3 Å². The molecule has 4 nitrogen and oxygen atoms in total. The minimum atomic E-state index is -0.304. The molecule has 0 aromatic heterocycles. The van der Waals surface area contributed by atoms with E-state index in [1.54, 1.807) is 6.92 Å². The van der Waals surface area contributed by atoms with E-state index in [1.165, 1.54) is 0 Å². The molecule has 1 atom stereocenters. The van der Waals surface area contributed by atoms with Crippen molar-refractivity contribution < 1.29 is 9.53 Å². The normalized spacial score (nSPS) is 17.8. The summed E-state index contributed by atoms with van der Waals surface area (Å²) < 4.78 is 6.23. The molecule has 0 amide bonds. The minimum absolute atomic E-state index is 0.289. The Hall–Kier alpha value is -1.40. The first-order valence-corrected chi connectivity index (χ1v) is 8.50. The van der Waals surface area contributed by atoms with E-state index in [0.717, 1.165) is 28.6 Å². The van der Waals surface area contributed by atoms with Gasteiger partial charge in [-0.1, -0.05) is 41.4 Å². The van der Waals surface area contributed by atoms with Gasteiger partial charge in [0.05, 0.1) is 18.2 Å². The van der Waals surface area contributed by atoms with Gasteiger partial charge in [0.15, 0.2) is 5.11 Å². The zero-order chi connectivity index (χ0) is 16.1. The Labute approximate surface area is 144 Å². The molecule has 0 fully saturated rings. The van der Waals surface area contributed by atoms with Crippen molar-refractivity contribution in [1.29, 1.82) is 0 Å². The third-order valence-electron chi connectivity index (χ3n) is 3.35. The first-order valence-electron chi connectivity index (χ1n) is 7.30. The fraction of sp³-hybridized carbons (Fsp3) is 0.375. The fourth-order valence-corrected chi connectivity index (χ4v) is 2.93. The number of hydrogen-bond donors (Lipinski definition) is 2. The Kier molecular flexibility index (Phi) is 5.97. The van der Waals surface area contributed by atoms with Crippen LogP contribution >= 0.6 is 28.1 Å². The molecule has 22 heavy (non-hydrogen) atoms. The largest absolute Gasteiger partial charge is 0.463 e. The number of hydrogen-bond acceptors (Lipinski definition) is 3. The van der Waals surface area contributed by atoms with Gasteiger partial charge in [-0.3, -0.25) is 0 Å². The van der Waals surface area contributed by atoms with E-state index < -0.39 is 0 Å².